The van der Waals surface area contributed by atoms with E-state index in [1.807, 2.05) is 13.8 Å². The highest BCUT2D eigenvalue weighted by Gasteiger charge is 2.06. The van der Waals surface area contributed by atoms with Crippen LogP contribution in [0.1, 0.15) is 33.1 Å². The first kappa shape index (κ1) is 11.1. The van der Waals surface area contributed by atoms with Gasteiger partial charge in [-0.15, -0.1) is 0 Å². The molecule has 0 aliphatic heterocycles. The van der Waals surface area contributed by atoms with Gasteiger partial charge < -0.3 is 5.32 Å². The number of Topliss-reactive ketones (excluding diaryl/α,β-unsaturated/α-hetero) is 1. The highest BCUT2D eigenvalue weighted by atomic mass is 16.2. The van der Waals surface area contributed by atoms with Gasteiger partial charge in [0.1, 0.15) is 5.78 Å². The summed E-state index contributed by atoms with van der Waals surface area (Å²) in [5.41, 5.74) is 0. The van der Waals surface area contributed by atoms with Gasteiger partial charge in [-0.2, -0.15) is 0 Å². The van der Waals surface area contributed by atoms with Crippen LogP contribution in [0.25, 0.3) is 0 Å². The molecule has 70 valence electrons. The standard InChI is InChI=1S/C9H17NO2/c1-7(2)6-8(11)4-5-9(12)10-3/h7H,4-6H2,1-3H3,(H,10,12). The molecule has 0 aromatic rings. The van der Waals surface area contributed by atoms with Crippen molar-refractivity contribution in [2.75, 3.05) is 7.05 Å². The van der Waals surface area contributed by atoms with Crippen molar-refractivity contribution in [2.24, 2.45) is 5.92 Å². The molecule has 0 aromatic heterocycles. The average molecular weight is 171 g/mol. The van der Waals surface area contributed by atoms with Gasteiger partial charge in [-0.25, -0.2) is 0 Å². The summed E-state index contributed by atoms with van der Waals surface area (Å²) < 4.78 is 0. The molecule has 12 heavy (non-hydrogen) atoms. The Morgan fingerprint density at radius 2 is 1.83 bits per heavy atom. The number of amides is 1. The molecular weight excluding hydrogens is 154 g/mol. The zero-order valence-corrected chi connectivity index (χ0v) is 8.02. The van der Waals surface area contributed by atoms with Gasteiger partial charge in [-0.05, 0) is 5.92 Å². The number of ketones is 1. The topological polar surface area (TPSA) is 46.2 Å². The minimum Gasteiger partial charge on any atom is -0.359 e. The lowest BCUT2D eigenvalue weighted by atomic mass is 10.0. The summed E-state index contributed by atoms with van der Waals surface area (Å²) in [6.45, 7) is 4.00. The van der Waals surface area contributed by atoms with E-state index in [2.05, 4.69) is 5.32 Å². The molecule has 0 saturated carbocycles. The molecule has 0 aliphatic rings. The van der Waals surface area contributed by atoms with Crippen molar-refractivity contribution in [3.63, 3.8) is 0 Å². The molecule has 0 saturated heterocycles. The van der Waals surface area contributed by atoms with Crippen LogP contribution in [0.2, 0.25) is 0 Å². The van der Waals surface area contributed by atoms with Crippen molar-refractivity contribution < 1.29 is 9.59 Å². The van der Waals surface area contributed by atoms with E-state index in [1.54, 1.807) is 7.05 Å². The Labute approximate surface area is 73.5 Å². The summed E-state index contributed by atoms with van der Waals surface area (Å²) in [6.07, 6.45) is 1.27. The van der Waals surface area contributed by atoms with Crippen LogP contribution in [-0.2, 0) is 9.59 Å². The van der Waals surface area contributed by atoms with E-state index >= 15 is 0 Å². The molecule has 0 aliphatic carbocycles. The second-order valence-corrected chi connectivity index (χ2v) is 3.31. The first-order chi connectivity index (χ1) is 5.56. The van der Waals surface area contributed by atoms with Gasteiger partial charge in [0.05, 0.1) is 0 Å². The van der Waals surface area contributed by atoms with Crippen LogP contribution in [0.15, 0.2) is 0 Å². The molecule has 0 aromatic carbocycles. The first-order valence-electron chi connectivity index (χ1n) is 4.28. The number of rotatable bonds is 5. The van der Waals surface area contributed by atoms with E-state index in [0.717, 1.165) is 0 Å². The third kappa shape index (κ3) is 5.89. The number of hydrogen-bond acceptors (Lipinski definition) is 2. The molecule has 1 N–H and O–H groups in total. The zero-order valence-electron chi connectivity index (χ0n) is 8.02. The fraction of sp³-hybridized carbons (Fsp3) is 0.778. The lowest BCUT2D eigenvalue weighted by molar-refractivity contribution is -0.125. The van der Waals surface area contributed by atoms with E-state index in [0.29, 0.717) is 25.2 Å². The lowest BCUT2D eigenvalue weighted by Crippen LogP contribution is -2.18. The lowest BCUT2D eigenvalue weighted by Gasteiger charge is -2.02. The fourth-order valence-electron chi connectivity index (χ4n) is 0.935. The van der Waals surface area contributed by atoms with Crippen molar-refractivity contribution in [3.8, 4) is 0 Å². The monoisotopic (exact) mass is 171 g/mol. The molecule has 1 amide bonds. The summed E-state index contributed by atoms with van der Waals surface area (Å²) in [5, 5.41) is 2.48. The summed E-state index contributed by atoms with van der Waals surface area (Å²) in [7, 11) is 1.58. The van der Waals surface area contributed by atoms with Crippen LogP contribution >= 0.6 is 0 Å². The average Bonchev–Trinajstić information content (AvgIpc) is 1.99. The Kier molecular flexibility index (Phi) is 5.34. The predicted molar refractivity (Wildman–Crippen MR) is 47.8 cm³/mol. The largest absolute Gasteiger partial charge is 0.359 e. The van der Waals surface area contributed by atoms with Gasteiger partial charge in [0.15, 0.2) is 0 Å². The van der Waals surface area contributed by atoms with Crippen LogP contribution < -0.4 is 5.32 Å². The van der Waals surface area contributed by atoms with Crippen molar-refractivity contribution in [1.82, 2.24) is 5.32 Å². The van der Waals surface area contributed by atoms with Gasteiger partial charge in [0, 0.05) is 26.3 Å². The van der Waals surface area contributed by atoms with Crippen molar-refractivity contribution in [3.05, 3.63) is 0 Å². The minimum absolute atomic E-state index is 0.0629. The normalized spacial score (nSPS) is 10.0. The van der Waals surface area contributed by atoms with Gasteiger partial charge in [-0.1, -0.05) is 13.8 Å². The van der Waals surface area contributed by atoms with Crippen LogP contribution in [0, 0.1) is 5.92 Å². The second-order valence-electron chi connectivity index (χ2n) is 3.31. The molecule has 0 spiro atoms. The highest BCUT2D eigenvalue weighted by Crippen LogP contribution is 2.04. The number of hydrogen-bond donors (Lipinski definition) is 1. The maximum absolute atomic E-state index is 11.1. The van der Waals surface area contributed by atoms with E-state index in [9.17, 15) is 9.59 Å². The molecule has 0 radical (unpaired) electrons. The molecule has 3 nitrogen and oxygen atoms in total. The highest BCUT2D eigenvalue weighted by molar-refractivity contribution is 5.84. The van der Waals surface area contributed by atoms with Crippen molar-refractivity contribution in [1.29, 1.82) is 0 Å². The fourth-order valence-corrected chi connectivity index (χ4v) is 0.935. The van der Waals surface area contributed by atoms with Crippen LogP contribution in [0.5, 0.6) is 0 Å². The quantitative estimate of drug-likeness (QED) is 0.674. The third-order valence-corrected chi connectivity index (χ3v) is 1.55. The van der Waals surface area contributed by atoms with Gasteiger partial charge in [-0.3, -0.25) is 9.59 Å². The summed E-state index contributed by atoms with van der Waals surface area (Å²) >= 11 is 0. The molecular formula is C9H17NO2. The molecule has 0 fully saturated rings. The van der Waals surface area contributed by atoms with Crippen molar-refractivity contribution in [2.45, 2.75) is 33.1 Å². The SMILES string of the molecule is CNC(=O)CCC(=O)CC(C)C. The molecule has 0 atom stereocenters. The smallest absolute Gasteiger partial charge is 0.220 e. The zero-order chi connectivity index (χ0) is 9.56. The minimum atomic E-state index is -0.0629. The van der Waals surface area contributed by atoms with Gasteiger partial charge >= 0.3 is 0 Å². The predicted octanol–water partition coefficient (Wildman–Crippen LogP) is 1.13. The van der Waals surface area contributed by atoms with Gasteiger partial charge in [0.2, 0.25) is 5.91 Å². The summed E-state index contributed by atoms with van der Waals surface area (Å²) in [6, 6.07) is 0. The van der Waals surface area contributed by atoms with Gasteiger partial charge in [0.25, 0.3) is 0 Å². The van der Waals surface area contributed by atoms with Crippen LogP contribution in [-0.4, -0.2) is 18.7 Å². The maximum Gasteiger partial charge on any atom is 0.220 e. The summed E-state index contributed by atoms with van der Waals surface area (Å²) in [4.78, 5) is 21.8. The molecule has 0 unspecified atom stereocenters. The van der Waals surface area contributed by atoms with Crippen LogP contribution in [0.3, 0.4) is 0 Å². The van der Waals surface area contributed by atoms with E-state index < -0.39 is 0 Å². The first-order valence-corrected chi connectivity index (χ1v) is 4.28. The van der Waals surface area contributed by atoms with Crippen LogP contribution in [0.4, 0.5) is 0 Å². The van der Waals surface area contributed by atoms with E-state index in [-0.39, 0.29) is 11.7 Å². The number of carbonyl (C=O) groups excluding carboxylic acids is 2. The second kappa shape index (κ2) is 5.75. The molecule has 0 bridgehead atoms. The summed E-state index contributed by atoms with van der Waals surface area (Å²) in [5.74, 6) is 0.503. The molecule has 3 heteroatoms. The Hall–Kier alpha value is -0.860. The Bertz CT molecular complexity index is 164. The van der Waals surface area contributed by atoms with E-state index in [1.165, 1.54) is 0 Å². The Morgan fingerprint density at radius 1 is 1.25 bits per heavy atom. The van der Waals surface area contributed by atoms with Crippen molar-refractivity contribution >= 4 is 11.7 Å². The van der Waals surface area contributed by atoms with E-state index in [4.69, 9.17) is 0 Å². The number of carbonyl (C=O) groups is 2. The molecule has 0 rings (SSSR count). The Balaban J connectivity index is 3.51. The maximum atomic E-state index is 11.1. The Morgan fingerprint density at radius 3 is 2.25 bits per heavy atom. The third-order valence-electron chi connectivity index (χ3n) is 1.55. The molecule has 0 heterocycles. The number of nitrogens with one attached hydrogen (secondary N) is 1.